The Balaban J connectivity index is 3.34. The van der Waals surface area contributed by atoms with Crippen molar-refractivity contribution in [1.82, 2.24) is 0 Å². The zero-order valence-corrected chi connectivity index (χ0v) is 5.12. The first kappa shape index (κ1) is 6.67. The smallest absolute Gasteiger partial charge is 0.198 e. The molecule has 0 rings (SSSR count). The third-order valence-corrected chi connectivity index (χ3v) is 0.602. The van der Waals surface area contributed by atoms with Crippen LogP contribution < -0.4 is 0 Å². The van der Waals surface area contributed by atoms with Crippen molar-refractivity contribution in [3.63, 3.8) is 0 Å². The molecule has 0 aliphatic heterocycles. The second kappa shape index (κ2) is 2.10. The highest BCUT2D eigenvalue weighted by Gasteiger charge is 2.07. The van der Waals surface area contributed by atoms with E-state index in [0.717, 1.165) is 0 Å². The number of carbonyl (C=O) groups excluding carboxylic acids is 1. The molecule has 0 aromatic rings. The maximum absolute atomic E-state index is 9.70. The molecule has 41 valence electrons. The fourth-order valence-electron chi connectivity index (χ4n) is 0.217. The van der Waals surface area contributed by atoms with Gasteiger partial charge in [0.2, 0.25) is 0 Å². The molecular formula is C6H11O. The van der Waals surface area contributed by atoms with Gasteiger partial charge < -0.3 is 0 Å². The molecule has 1 radical (unpaired) electrons. The van der Waals surface area contributed by atoms with Gasteiger partial charge in [-0.15, -0.1) is 0 Å². The second-order valence-corrected chi connectivity index (χ2v) is 2.88. The van der Waals surface area contributed by atoms with Crippen LogP contribution in [0.15, 0.2) is 0 Å². The van der Waals surface area contributed by atoms with Crippen LogP contribution in [0.3, 0.4) is 0 Å². The minimum Gasteiger partial charge on any atom is -0.291 e. The lowest BCUT2D eigenvalue weighted by Crippen LogP contribution is -2.04. The molecule has 0 saturated heterocycles. The van der Waals surface area contributed by atoms with E-state index in [1.165, 1.54) is 0 Å². The molecule has 0 aliphatic carbocycles. The van der Waals surface area contributed by atoms with Gasteiger partial charge in [-0.05, 0) is 5.41 Å². The maximum Gasteiger partial charge on any atom is 0.198 e. The van der Waals surface area contributed by atoms with E-state index in [2.05, 4.69) is 0 Å². The van der Waals surface area contributed by atoms with Gasteiger partial charge >= 0.3 is 0 Å². The quantitative estimate of drug-likeness (QED) is 0.487. The van der Waals surface area contributed by atoms with Crippen LogP contribution in [0.5, 0.6) is 0 Å². The molecule has 0 unspecified atom stereocenters. The van der Waals surface area contributed by atoms with E-state index < -0.39 is 0 Å². The third-order valence-electron chi connectivity index (χ3n) is 0.602. The van der Waals surface area contributed by atoms with Gasteiger partial charge in [-0.25, -0.2) is 0 Å². The van der Waals surface area contributed by atoms with Crippen LogP contribution in [0.4, 0.5) is 0 Å². The van der Waals surface area contributed by atoms with Crippen molar-refractivity contribution in [1.29, 1.82) is 0 Å². The summed E-state index contributed by atoms with van der Waals surface area (Å²) in [6.07, 6.45) is 2.39. The van der Waals surface area contributed by atoms with Crippen LogP contribution in [0.2, 0.25) is 0 Å². The topological polar surface area (TPSA) is 17.1 Å². The Morgan fingerprint density at radius 2 is 1.86 bits per heavy atom. The van der Waals surface area contributed by atoms with Gasteiger partial charge in [-0.2, -0.15) is 0 Å². The Morgan fingerprint density at radius 1 is 1.43 bits per heavy atom. The van der Waals surface area contributed by atoms with Crippen molar-refractivity contribution in [3.8, 4) is 0 Å². The molecular weight excluding hydrogens is 88.1 g/mol. The standard InChI is InChI=1S/C6H11O/c1-6(2,3)4-5-7/h4H2,1-3H3. The van der Waals surface area contributed by atoms with Gasteiger partial charge in [0.1, 0.15) is 0 Å². The lowest BCUT2D eigenvalue weighted by molar-refractivity contribution is 0.417. The summed E-state index contributed by atoms with van der Waals surface area (Å²) in [5.41, 5.74) is 0.127. The minimum absolute atomic E-state index is 0.127. The van der Waals surface area contributed by atoms with Crippen LogP contribution >= 0.6 is 0 Å². The third kappa shape index (κ3) is 5.67. The molecule has 0 N–H and O–H groups in total. The fraction of sp³-hybridized carbons (Fsp3) is 0.833. The normalized spacial score (nSPS) is 11.3. The van der Waals surface area contributed by atoms with E-state index in [0.29, 0.717) is 6.42 Å². The van der Waals surface area contributed by atoms with Crippen molar-refractivity contribution in [3.05, 3.63) is 0 Å². The zero-order valence-electron chi connectivity index (χ0n) is 5.12. The lowest BCUT2D eigenvalue weighted by Gasteiger charge is -2.11. The first-order valence-electron chi connectivity index (χ1n) is 2.41. The summed E-state index contributed by atoms with van der Waals surface area (Å²) in [4.78, 5) is 9.70. The highest BCUT2D eigenvalue weighted by molar-refractivity contribution is 5.51. The molecule has 0 fully saturated rings. The summed E-state index contributed by atoms with van der Waals surface area (Å²) in [5, 5.41) is 0. The Hall–Kier alpha value is -0.330. The number of hydrogen-bond acceptors (Lipinski definition) is 1. The molecule has 1 heteroatoms. The highest BCUT2D eigenvalue weighted by Crippen LogP contribution is 2.15. The van der Waals surface area contributed by atoms with Crippen LogP contribution in [-0.2, 0) is 4.79 Å². The van der Waals surface area contributed by atoms with E-state index >= 15 is 0 Å². The summed E-state index contributed by atoms with van der Waals surface area (Å²) >= 11 is 0. The summed E-state index contributed by atoms with van der Waals surface area (Å²) in [5.74, 6) is 0. The van der Waals surface area contributed by atoms with Crippen molar-refractivity contribution in [2.45, 2.75) is 27.2 Å². The average molecular weight is 99.2 g/mol. The predicted octanol–water partition coefficient (Wildman–Crippen LogP) is 1.53. The SMILES string of the molecule is CC(C)(C)C[C]=O. The molecule has 0 aromatic carbocycles. The van der Waals surface area contributed by atoms with Crippen molar-refractivity contribution in [2.75, 3.05) is 0 Å². The molecule has 0 aromatic heterocycles. The molecule has 0 spiro atoms. The van der Waals surface area contributed by atoms with Crippen LogP contribution in [0.1, 0.15) is 27.2 Å². The largest absolute Gasteiger partial charge is 0.291 e. The Labute approximate surface area is 44.7 Å². The van der Waals surface area contributed by atoms with Gasteiger partial charge in [0, 0.05) is 6.42 Å². The van der Waals surface area contributed by atoms with Crippen LogP contribution in [0, 0.1) is 5.41 Å². The summed E-state index contributed by atoms with van der Waals surface area (Å²) in [6.45, 7) is 6.04. The van der Waals surface area contributed by atoms with Crippen molar-refractivity contribution < 1.29 is 4.79 Å². The average Bonchev–Trinajstić information content (AvgIpc) is 1.30. The summed E-state index contributed by atoms with van der Waals surface area (Å²) in [6, 6.07) is 0. The first-order valence-corrected chi connectivity index (χ1v) is 2.41. The first-order chi connectivity index (χ1) is 3.06. The molecule has 0 atom stereocenters. The molecule has 0 aliphatic rings. The molecule has 0 amide bonds. The van der Waals surface area contributed by atoms with Crippen molar-refractivity contribution >= 4 is 6.29 Å². The number of rotatable bonds is 1. The van der Waals surface area contributed by atoms with E-state index in [4.69, 9.17) is 0 Å². The van der Waals surface area contributed by atoms with Gasteiger partial charge in [0.25, 0.3) is 0 Å². The van der Waals surface area contributed by atoms with E-state index in [9.17, 15) is 4.79 Å². The number of hydrogen-bond donors (Lipinski definition) is 0. The zero-order chi connectivity index (χ0) is 5.91. The molecule has 7 heavy (non-hydrogen) atoms. The van der Waals surface area contributed by atoms with Gasteiger partial charge in [0.05, 0.1) is 0 Å². The molecule has 1 nitrogen and oxygen atoms in total. The van der Waals surface area contributed by atoms with Gasteiger partial charge in [-0.3, -0.25) is 4.79 Å². The summed E-state index contributed by atoms with van der Waals surface area (Å²) < 4.78 is 0. The lowest BCUT2D eigenvalue weighted by atomic mass is 9.93. The van der Waals surface area contributed by atoms with Crippen LogP contribution in [-0.4, -0.2) is 6.29 Å². The second-order valence-electron chi connectivity index (χ2n) is 2.88. The van der Waals surface area contributed by atoms with Gasteiger partial charge in [-0.1, -0.05) is 20.8 Å². The fourth-order valence-corrected chi connectivity index (χ4v) is 0.217. The monoisotopic (exact) mass is 99.1 g/mol. The van der Waals surface area contributed by atoms with E-state index in [-0.39, 0.29) is 5.41 Å². The van der Waals surface area contributed by atoms with Gasteiger partial charge in [0.15, 0.2) is 6.29 Å². The van der Waals surface area contributed by atoms with E-state index in [1.807, 2.05) is 27.1 Å². The Kier molecular flexibility index (Phi) is 2.00. The predicted molar refractivity (Wildman–Crippen MR) is 29.8 cm³/mol. The highest BCUT2D eigenvalue weighted by atomic mass is 16.1. The van der Waals surface area contributed by atoms with E-state index in [1.54, 1.807) is 0 Å². The maximum atomic E-state index is 9.70. The molecule has 0 bridgehead atoms. The molecule has 0 heterocycles. The summed E-state index contributed by atoms with van der Waals surface area (Å²) in [7, 11) is 0. The Morgan fingerprint density at radius 3 is 1.86 bits per heavy atom. The minimum atomic E-state index is 0.127. The molecule has 0 saturated carbocycles. The van der Waals surface area contributed by atoms with Crippen LogP contribution in [0.25, 0.3) is 0 Å². The van der Waals surface area contributed by atoms with Crippen molar-refractivity contribution in [2.24, 2.45) is 5.41 Å². The Bertz CT molecular complexity index is 59.1.